The summed E-state index contributed by atoms with van der Waals surface area (Å²) in [6.07, 6.45) is -8.94. The van der Waals surface area contributed by atoms with Crippen LogP contribution in [0.3, 0.4) is 0 Å². The smallest absolute Gasteiger partial charge is 0.417 e. The van der Waals surface area contributed by atoms with E-state index in [1.54, 1.807) is 0 Å². The van der Waals surface area contributed by atoms with E-state index in [-0.39, 0.29) is 6.92 Å². The van der Waals surface area contributed by atoms with Crippen LogP contribution in [0.5, 0.6) is 5.75 Å². The molecule has 0 fully saturated rings. The molecule has 3 nitrogen and oxygen atoms in total. The van der Waals surface area contributed by atoms with E-state index in [1.165, 1.54) is 0 Å². The highest BCUT2D eigenvalue weighted by molar-refractivity contribution is 8.13. The largest absolute Gasteiger partial charge is 0.431 e. The topological polar surface area (TPSA) is 43.4 Å². The summed E-state index contributed by atoms with van der Waals surface area (Å²) in [5.41, 5.74) is -1.68. The maximum atomic E-state index is 12.7. The van der Waals surface area contributed by atoms with E-state index in [9.17, 15) is 30.4 Å². The second kappa shape index (κ2) is 4.78. The summed E-state index contributed by atoms with van der Waals surface area (Å²) in [5, 5.41) is 0. The Morgan fingerprint density at radius 3 is 2.05 bits per heavy atom. The number of hydrogen-bond acceptors (Lipinski definition) is 3. The predicted octanol–water partition coefficient (Wildman–Crippen LogP) is 3.62. The van der Waals surface area contributed by atoms with Crippen molar-refractivity contribution in [3.05, 3.63) is 23.8 Å². The highest BCUT2D eigenvalue weighted by Crippen LogP contribution is 2.41. The maximum absolute atomic E-state index is 12.7. The van der Waals surface area contributed by atoms with Crippen LogP contribution in [0.25, 0.3) is 0 Å². The van der Waals surface area contributed by atoms with Crippen LogP contribution >= 0.6 is 10.7 Å². The molecule has 10 heteroatoms. The Hall–Kier alpha value is -1.09. The molecule has 0 amide bonds. The van der Waals surface area contributed by atoms with Crippen molar-refractivity contribution in [2.45, 2.75) is 24.1 Å². The average molecular weight is 325 g/mol. The second-order valence-corrected chi connectivity index (χ2v) is 5.98. The van der Waals surface area contributed by atoms with Gasteiger partial charge in [0.1, 0.15) is 10.6 Å². The number of halogens is 6. The van der Waals surface area contributed by atoms with Crippen LogP contribution < -0.4 is 4.74 Å². The lowest BCUT2D eigenvalue weighted by atomic mass is 10.2. The third-order valence-electron chi connectivity index (χ3n) is 1.82. The molecule has 1 rings (SSSR count). The van der Waals surface area contributed by atoms with Crippen LogP contribution in [-0.4, -0.2) is 14.5 Å². The summed E-state index contributed by atoms with van der Waals surface area (Å²) in [6, 6.07) is 1.79. The van der Waals surface area contributed by atoms with Crippen LogP contribution in [0, 0.1) is 0 Å². The summed E-state index contributed by atoms with van der Waals surface area (Å²) in [7, 11) is -0.0747. The van der Waals surface area contributed by atoms with Gasteiger partial charge in [-0.3, -0.25) is 0 Å². The van der Waals surface area contributed by atoms with Crippen molar-refractivity contribution in [3.8, 4) is 5.75 Å². The molecule has 0 aliphatic carbocycles. The molecule has 1 aromatic carbocycles. The molecule has 0 spiro atoms. The number of ether oxygens (including phenoxy) is 1. The van der Waals surface area contributed by atoms with Gasteiger partial charge in [-0.25, -0.2) is 8.42 Å². The van der Waals surface area contributed by atoms with Crippen molar-refractivity contribution in [1.82, 2.24) is 0 Å². The van der Waals surface area contributed by atoms with Gasteiger partial charge in [-0.05, 0) is 12.1 Å². The third kappa shape index (κ3) is 4.20. The van der Waals surface area contributed by atoms with E-state index >= 15 is 0 Å². The first-order chi connectivity index (χ1) is 8.32. The zero-order chi connectivity index (χ0) is 15.1. The molecule has 0 aromatic heterocycles. The minimum Gasteiger partial charge on any atom is -0.431 e. The lowest BCUT2D eigenvalue weighted by Crippen LogP contribution is -2.21. The third-order valence-corrected chi connectivity index (χ3v) is 3.19. The highest BCUT2D eigenvalue weighted by Gasteiger charge is 2.40. The van der Waals surface area contributed by atoms with Gasteiger partial charge in [0.25, 0.3) is 9.05 Å². The van der Waals surface area contributed by atoms with E-state index in [2.05, 4.69) is 4.74 Å². The minimum atomic E-state index is -5.08. The zero-order valence-electron chi connectivity index (χ0n) is 9.13. The van der Waals surface area contributed by atoms with Gasteiger partial charge in [0.15, 0.2) is 0 Å². The van der Waals surface area contributed by atoms with Crippen molar-refractivity contribution < 1.29 is 35.1 Å². The van der Waals surface area contributed by atoms with Crippen LogP contribution in [-0.2, 0) is 15.2 Å². The first kappa shape index (κ1) is 16.0. The first-order valence-electron chi connectivity index (χ1n) is 4.54. The van der Waals surface area contributed by atoms with Crippen molar-refractivity contribution in [2.24, 2.45) is 0 Å². The molecule has 0 heterocycles. The van der Waals surface area contributed by atoms with Crippen LogP contribution in [0.4, 0.5) is 22.0 Å². The summed E-state index contributed by atoms with van der Waals surface area (Å²) in [6.45, 7) is 0.248. The fourth-order valence-electron chi connectivity index (χ4n) is 1.26. The fourth-order valence-corrected chi connectivity index (χ4v) is 2.54. The van der Waals surface area contributed by atoms with E-state index < -0.39 is 37.5 Å². The van der Waals surface area contributed by atoms with Gasteiger partial charge >= 0.3 is 12.3 Å². The van der Waals surface area contributed by atoms with Crippen LogP contribution in [0.15, 0.2) is 23.1 Å². The van der Waals surface area contributed by atoms with Crippen molar-refractivity contribution in [1.29, 1.82) is 0 Å². The Labute approximate surface area is 109 Å². The summed E-state index contributed by atoms with van der Waals surface area (Å²) in [4.78, 5) is -1.54. The van der Waals surface area contributed by atoms with Crippen LogP contribution in [0.1, 0.15) is 12.5 Å². The lowest BCUT2D eigenvalue weighted by Gasteiger charge is -2.18. The van der Waals surface area contributed by atoms with Crippen molar-refractivity contribution in [3.63, 3.8) is 0 Å². The normalized spacial score (nSPS) is 13.4. The lowest BCUT2D eigenvalue weighted by molar-refractivity contribution is -0.162. The molecule has 0 saturated heterocycles. The molecule has 108 valence electrons. The zero-order valence-corrected chi connectivity index (χ0v) is 10.7. The Kier molecular flexibility index (Phi) is 4.02. The molecule has 0 saturated carbocycles. The quantitative estimate of drug-likeness (QED) is 0.630. The van der Waals surface area contributed by atoms with Gasteiger partial charge in [-0.15, -0.1) is 0 Å². The molecule has 0 bridgehead atoms. The van der Waals surface area contributed by atoms with E-state index in [4.69, 9.17) is 10.7 Å². The van der Waals surface area contributed by atoms with E-state index in [1.807, 2.05) is 0 Å². The molecule has 0 aliphatic rings. The second-order valence-electron chi connectivity index (χ2n) is 3.48. The molecule has 1 aromatic rings. The monoisotopic (exact) mass is 324 g/mol. The Morgan fingerprint density at radius 2 is 1.68 bits per heavy atom. The predicted molar refractivity (Wildman–Crippen MR) is 55.7 cm³/mol. The van der Waals surface area contributed by atoms with Crippen molar-refractivity contribution >= 4 is 19.7 Å². The van der Waals surface area contributed by atoms with Gasteiger partial charge in [0, 0.05) is 17.6 Å². The van der Waals surface area contributed by atoms with Crippen molar-refractivity contribution in [2.75, 3.05) is 0 Å². The molecule has 19 heavy (non-hydrogen) atoms. The summed E-state index contributed by atoms with van der Waals surface area (Å²) >= 11 is 0. The standard InChI is InChI=1S/C9H6ClF5O3S/c1-8(11,12)18-6-4-2-3-5(9(13,14)15)7(6)19(10,16)17/h2-4H,1H3. The number of benzene rings is 1. The van der Waals surface area contributed by atoms with E-state index in [0.717, 1.165) is 6.07 Å². The first-order valence-corrected chi connectivity index (χ1v) is 6.85. The molecule has 0 atom stereocenters. The number of hydrogen-bond donors (Lipinski definition) is 0. The van der Waals surface area contributed by atoms with Gasteiger partial charge in [0.2, 0.25) is 0 Å². The molecule has 0 radical (unpaired) electrons. The minimum absolute atomic E-state index is 0.248. The van der Waals surface area contributed by atoms with Gasteiger partial charge in [-0.1, -0.05) is 6.07 Å². The molecule has 0 N–H and O–H groups in total. The number of rotatable bonds is 3. The van der Waals surface area contributed by atoms with Gasteiger partial charge in [0.05, 0.1) is 5.56 Å². The van der Waals surface area contributed by atoms with Gasteiger partial charge in [-0.2, -0.15) is 22.0 Å². The number of alkyl halides is 5. The van der Waals surface area contributed by atoms with Gasteiger partial charge < -0.3 is 4.74 Å². The average Bonchev–Trinajstić information content (AvgIpc) is 2.11. The fraction of sp³-hybridized carbons (Fsp3) is 0.333. The maximum Gasteiger partial charge on any atom is 0.417 e. The highest BCUT2D eigenvalue weighted by atomic mass is 35.7. The van der Waals surface area contributed by atoms with Crippen LogP contribution in [0.2, 0.25) is 0 Å². The Bertz CT molecular complexity index is 576. The van der Waals surface area contributed by atoms with E-state index in [0.29, 0.717) is 12.1 Å². The summed E-state index contributed by atoms with van der Waals surface area (Å²) in [5.74, 6) is -1.17. The molecule has 0 unspecified atom stereocenters. The summed E-state index contributed by atoms with van der Waals surface area (Å²) < 4.78 is 89.4. The Balaban J connectivity index is 3.59. The Morgan fingerprint density at radius 1 is 1.16 bits per heavy atom. The SMILES string of the molecule is CC(F)(F)Oc1cccc(C(F)(F)F)c1S(=O)(=O)Cl. The molecular weight excluding hydrogens is 319 g/mol. The molecule has 0 aliphatic heterocycles. The molecular formula is C9H6ClF5O3S.